The molecule has 1 unspecified atom stereocenters. The van der Waals surface area contributed by atoms with Gasteiger partial charge in [-0.3, -0.25) is 4.99 Å². The zero-order chi connectivity index (χ0) is 20.9. The van der Waals surface area contributed by atoms with Gasteiger partial charge in [0.2, 0.25) is 5.95 Å². The molecule has 2 aromatic heterocycles. The van der Waals surface area contributed by atoms with Gasteiger partial charge < -0.3 is 9.80 Å². The van der Waals surface area contributed by atoms with Gasteiger partial charge in [0.25, 0.3) is 0 Å². The Labute approximate surface area is 182 Å². The molecule has 0 saturated carbocycles. The molecule has 1 saturated heterocycles. The highest BCUT2D eigenvalue weighted by atomic mass is 32.1. The highest BCUT2D eigenvalue weighted by molar-refractivity contribution is 7.10. The van der Waals surface area contributed by atoms with Crippen LogP contribution in [0.5, 0.6) is 0 Å². The van der Waals surface area contributed by atoms with Crippen molar-refractivity contribution in [3.05, 3.63) is 39.9 Å². The summed E-state index contributed by atoms with van der Waals surface area (Å²) >= 11 is 1.60. The SMILES string of the molecule is CCC1CN=C(C)C=C1Cc1nc(/C=C/c2nccs2)nc(N2CCN(C)CC2)n1. The number of hydrogen-bond acceptors (Lipinski definition) is 8. The maximum atomic E-state index is 4.87. The summed E-state index contributed by atoms with van der Waals surface area (Å²) in [6, 6.07) is 0. The van der Waals surface area contributed by atoms with E-state index in [0.29, 0.717) is 11.7 Å². The summed E-state index contributed by atoms with van der Waals surface area (Å²) in [6.45, 7) is 9.05. The van der Waals surface area contributed by atoms with Gasteiger partial charge in [-0.05, 0) is 44.5 Å². The monoisotopic (exact) mass is 423 g/mol. The number of hydrogen-bond donors (Lipinski definition) is 0. The minimum Gasteiger partial charge on any atom is -0.338 e. The molecule has 2 aromatic rings. The summed E-state index contributed by atoms with van der Waals surface area (Å²) in [4.78, 5) is 27.9. The van der Waals surface area contributed by atoms with E-state index >= 15 is 0 Å². The second kappa shape index (κ2) is 9.57. The maximum Gasteiger partial charge on any atom is 0.229 e. The lowest BCUT2D eigenvalue weighted by Gasteiger charge is -2.32. The molecular weight excluding hydrogens is 394 g/mol. The number of dihydropyridines is 1. The summed E-state index contributed by atoms with van der Waals surface area (Å²) in [7, 11) is 2.16. The van der Waals surface area contributed by atoms with Crippen LogP contribution in [0.25, 0.3) is 12.2 Å². The van der Waals surface area contributed by atoms with E-state index in [1.807, 2.05) is 23.7 Å². The Balaban J connectivity index is 1.63. The third-order valence-corrected chi connectivity index (χ3v) is 6.38. The van der Waals surface area contributed by atoms with Crippen molar-refractivity contribution in [2.45, 2.75) is 26.7 Å². The number of nitrogens with zero attached hydrogens (tertiary/aromatic N) is 7. The zero-order valence-electron chi connectivity index (χ0n) is 18.0. The van der Waals surface area contributed by atoms with Crippen molar-refractivity contribution in [1.82, 2.24) is 24.8 Å². The topological polar surface area (TPSA) is 70.4 Å². The molecule has 0 N–H and O–H groups in total. The van der Waals surface area contributed by atoms with Crippen molar-refractivity contribution < 1.29 is 0 Å². The number of aliphatic imine (C=N–C) groups is 1. The van der Waals surface area contributed by atoms with Crippen molar-refractivity contribution in [1.29, 1.82) is 0 Å². The lowest BCUT2D eigenvalue weighted by atomic mass is 9.90. The van der Waals surface area contributed by atoms with E-state index in [4.69, 9.17) is 15.0 Å². The fourth-order valence-electron chi connectivity index (χ4n) is 3.76. The summed E-state index contributed by atoms with van der Waals surface area (Å²) in [6.07, 6.45) is 9.76. The van der Waals surface area contributed by atoms with Crippen LogP contribution in [0.4, 0.5) is 5.95 Å². The predicted octanol–water partition coefficient (Wildman–Crippen LogP) is 3.22. The Morgan fingerprint density at radius 1 is 1.13 bits per heavy atom. The molecule has 30 heavy (non-hydrogen) atoms. The Bertz CT molecular complexity index is 940. The van der Waals surface area contributed by atoms with Crippen molar-refractivity contribution in [3.63, 3.8) is 0 Å². The Morgan fingerprint density at radius 3 is 2.70 bits per heavy atom. The molecule has 7 nitrogen and oxygen atoms in total. The van der Waals surface area contributed by atoms with Crippen molar-refractivity contribution in [3.8, 4) is 0 Å². The molecule has 1 fully saturated rings. The van der Waals surface area contributed by atoms with Gasteiger partial charge in [0.15, 0.2) is 5.82 Å². The van der Waals surface area contributed by atoms with Crippen LogP contribution >= 0.6 is 11.3 Å². The molecule has 0 bridgehead atoms. The number of piperazine rings is 1. The molecule has 2 aliphatic rings. The quantitative estimate of drug-likeness (QED) is 0.711. The zero-order valence-corrected chi connectivity index (χ0v) is 18.8. The highest BCUT2D eigenvalue weighted by Gasteiger charge is 2.21. The molecule has 4 heterocycles. The molecule has 1 atom stereocenters. The molecule has 0 aromatic carbocycles. The van der Waals surface area contributed by atoms with E-state index < -0.39 is 0 Å². The molecule has 4 rings (SSSR count). The number of likely N-dealkylation sites (N-methyl/N-ethyl adjacent to an activating group) is 1. The second-order valence-corrected chi connectivity index (χ2v) is 8.81. The van der Waals surface area contributed by atoms with Crippen LogP contribution < -0.4 is 4.90 Å². The van der Waals surface area contributed by atoms with Crippen LogP contribution in [0.2, 0.25) is 0 Å². The molecule has 0 radical (unpaired) electrons. The fraction of sp³-hybridized carbons (Fsp3) is 0.500. The van der Waals surface area contributed by atoms with Crippen LogP contribution in [-0.4, -0.2) is 70.3 Å². The van der Waals surface area contributed by atoms with Crippen LogP contribution in [0, 0.1) is 5.92 Å². The molecule has 158 valence electrons. The van der Waals surface area contributed by atoms with Crippen LogP contribution in [-0.2, 0) is 6.42 Å². The van der Waals surface area contributed by atoms with Crippen molar-refractivity contribution in [2.24, 2.45) is 10.9 Å². The summed E-state index contributed by atoms with van der Waals surface area (Å²) < 4.78 is 0. The first-order valence-corrected chi connectivity index (χ1v) is 11.5. The van der Waals surface area contributed by atoms with Crippen molar-refractivity contribution in [2.75, 3.05) is 44.7 Å². The van der Waals surface area contributed by atoms with E-state index in [2.05, 4.69) is 46.7 Å². The summed E-state index contributed by atoms with van der Waals surface area (Å²) in [5.41, 5.74) is 2.46. The van der Waals surface area contributed by atoms with Crippen LogP contribution in [0.15, 0.2) is 28.2 Å². The molecule has 0 amide bonds. The number of allylic oxidation sites excluding steroid dienone is 1. The Kier molecular flexibility index (Phi) is 6.64. The van der Waals surface area contributed by atoms with E-state index in [9.17, 15) is 0 Å². The third kappa shape index (κ3) is 5.17. The molecular formula is C22H29N7S. The van der Waals surface area contributed by atoms with Gasteiger partial charge >= 0.3 is 0 Å². The third-order valence-electron chi connectivity index (χ3n) is 5.63. The number of aromatic nitrogens is 4. The summed E-state index contributed by atoms with van der Waals surface area (Å²) in [5, 5.41) is 2.92. The first-order chi connectivity index (χ1) is 14.6. The smallest absolute Gasteiger partial charge is 0.229 e. The van der Waals surface area contributed by atoms with E-state index in [1.165, 1.54) is 5.57 Å². The molecule has 0 spiro atoms. The van der Waals surface area contributed by atoms with Crippen molar-refractivity contribution >= 4 is 35.1 Å². The largest absolute Gasteiger partial charge is 0.338 e. The average Bonchev–Trinajstić information content (AvgIpc) is 3.27. The average molecular weight is 424 g/mol. The predicted molar refractivity (Wildman–Crippen MR) is 124 cm³/mol. The van der Waals surface area contributed by atoms with Gasteiger partial charge in [-0.1, -0.05) is 12.5 Å². The Morgan fingerprint density at radius 2 is 1.97 bits per heavy atom. The van der Waals surface area contributed by atoms with Gasteiger partial charge in [-0.15, -0.1) is 11.3 Å². The number of rotatable bonds is 6. The number of thiazole rings is 1. The van der Waals surface area contributed by atoms with Gasteiger partial charge in [0, 0.05) is 56.4 Å². The first-order valence-electron chi connectivity index (χ1n) is 10.6. The van der Waals surface area contributed by atoms with Gasteiger partial charge in [0.1, 0.15) is 10.8 Å². The second-order valence-electron chi connectivity index (χ2n) is 7.89. The van der Waals surface area contributed by atoms with Gasteiger partial charge in [-0.2, -0.15) is 9.97 Å². The van der Waals surface area contributed by atoms with Crippen LogP contribution in [0.1, 0.15) is 36.9 Å². The van der Waals surface area contributed by atoms with Crippen LogP contribution in [0.3, 0.4) is 0 Å². The fourth-order valence-corrected chi connectivity index (χ4v) is 4.29. The van der Waals surface area contributed by atoms with E-state index in [0.717, 1.165) is 68.1 Å². The number of anilines is 1. The summed E-state index contributed by atoms with van der Waals surface area (Å²) in [5.74, 6) is 2.77. The highest BCUT2D eigenvalue weighted by Crippen LogP contribution is 2.24. The van der Waals surface area contributed by atoms with E-state index in [-0.39, 0.29) is 0 Å². The maximum absolute atomic E-state index is 4.87. The normalized spacial score (nSPS) is 20.5. The molecule has 0 aliphatic carbocycles. The van der Waals surface area contributed by atoms with Gasteiger partial charge in [0.05, 0.1) is 0 Å². The Hall–Kier alpha value is -2.45. The minimum atomic E-state index is 0.465. The lowest BCUT2D eigenvalue weighted by molar-refractivity contribution is 0.311. The van der Waals surface area contributed by atoms with Gasteiger partial charge in [-0.25, -0.2) is 9.97 Å². The lowest BCUT2D eigenvalue weighted by Crippen LogP contribution is -2.45. The van der Waals surface area contributed by atoms with E-state index in [1.54, 1.807) is 11.3 Å². The minimum absolute atomic E-state index is 0.465. The molecule has 2 aliphatic heterocycles. The first kappa shape index (κ1) is 20.8. The standard InChI is InChI=1S/C22H29N7S/c1-4-17-15-24-16(2)13-18(17)14-20-25-19(5-6-21-23-7-12-30-21)26-22(27-20)29-10-8-28(3)9-11-29/h5-7,12-13,17H,4,8-11,14-15H2,1-3H3/b6-5+. The molecule has 8 heteroatoms.